The minimum atomic E-state index is -0.397. The fourth-order valence-corrected chi connectivity index (χ4v) is 3.31. The van der Waals surface area contributed by atoms with Crippen LogP contribution in [0, 0.1) is 13.8 Å². The van der Waals surface area contributed by atoms with Crippen molar-refractivity contribution in [2.45, 2.75) is 13.8 Å². The van der Waals surface area contributed by atoms with Gasteiger partial charge >= 0.3 is 0 Å². The summed E-state index contributed by atoms with van der Waals surface area (Å²) in [6.07, 6.45) is 1.50. The summed E-state index contributed by atoms with van der Waals surface area (Å²) in [4.78, 5) is 12.5. The summed E-state index contributed by atoms with van der Waals surface area (Å²) in [6.45, 7) is 4.04. The monoisotopic (exact) mass is 411 g/mol. The van der Waals surface area contributed by atoms with Gasteiger partial charge in [-0.3, -0.25) is 4.79 Å². The lowest BCUT2D eigenvalue weighted by Crippen LogP contribution is -2.18. The summed E-state index contributed by atoms with van der Waals surface area (Å²) in [5.41, 5.74) is 6.63. The number of hydrazone groups is 1. The van der Waals surface area contributed by atoms with E-state index in [-0.39, 0.29) is 0 Å². The van der Waals surface area contributed by atoms with E-state index < -0.39 is 5.91 Å². The number of nitrogens with zero attached hydrogens (tertiary/aromatic N) is 2. The van der Waals surface area contributed by atoms with Crippen molar-refractivity contribution in [3.05, 3.63) is 76.1 Å². The molecule has 1 N–H and O–H groups in total. The van der Waals surface area contributed by atoms with Crippen LogP contribution < -0.4 is 14.9 Å². The number of amides is 1. The number of aryl methyl sites for hydroxylation is 2. The van der Waals surface area contributed by atoms with E-state index in [2.05, 4.69) is 15.1 Å². The molecule has 1 heterocycles. The molecule has 0 bridgehead atoms. The maximum atomic E-state index is 12.5. The molecule has 3 rings (SSSR count). The van der Waals surface area contributed by atoms with Gasteiger partial charge in [0.15, 0.2) is 0 Å². The van der Waals surface area contributed by atoms with Crippen molar-refractivity contribution in [2.75, 3.05) is 14.2 Å². The van der Waals surface area contributed by atoms with Crippen molar-refractivity contribution in [3.63, 3.8) is 0 Å². The summed E-state index contributed by atoms with van der Waals surface area (Å²) < 4.78 is 12.5. The zero-order valence-corrected chi connectivity index (χ0v) is 17.4. The molecule has 0 spiro atoms. The van der Waals surface area contributed by atoms with E-state index in [1.165, 1.54) is 6.21 Å². The maximum absolute atomic E-state index is 12.5. The lowest BCUT2D eigenvalue weighted by Gasteiger charge is -2.11. The molecule has 0 radical (unpaired) electrons. The fraction of sp³-hybridized carbons (Fsp3) is 0.182. The third-order valence-corrected chi connectivity index (χ3v) is 4.85. The van der Waals surface area contributed by atoms with Gasteiger partial charge in [0.05, 0.1) is 31.0 Å². The Balaban J connectivity index is 1.75. The Morgan fingerprint density at radius 2 is 1.76 bits per heavy atom. The van der Waals surface area contributed by atoms with Gasteiger partial charge in [0.1, 0.15) is 11.5 Å². The first-order chi connectivity index (χ1) is 13.9. The molecule has 29 heavy (non-hydrogen) atoms. The number of halogens is 1. The second kappa shape index (κ2) is 8.84. The Morgan fingerprint density at radius 1 is 1.03 bits per heavy atom. The second-order valence-electron chi connectivity index (χ2n) is 6.42. The van der Waals surface area contributed by atoms with Gasteiger partial charge in [-0.25, -0.2) is 5.43 Å². The largest absolute Gasteiger partial charge is 0.497 e. The van der Waals surface area contributed by atoms with Crippen LogP contribution in [0.4, 0.5) is 0 Å². The normalized spacial score (nSPS) is 10.9. The highest BCUT2D eigenvalue weighted by Gasteiger charge is 2.12. The number of methoxy groups -OCH3 is 2. The molecule has 1 amide bonds. The quantitative estimate of drug-likeness (QED) is 0.478. The molecule has 6 nitrogen and oxygen atoms in total. The van der Waals surface area contributed by atoms with Gasteiger partial charge in [0.2, 0.25) is 0 Å². The van der Waals surface area contributed by atoms with E-state index in [1.807, 2.05) is 32.0 Å². The van der Waals surface area contributed by atoms with Crippen LogP contribution in [-0.4, -0.2) is 30.9 Å². The number of rotatable bonds is 6. The minimum absolute atomic E-state index is 0.344. The Hall–Kier alpha value is -3.25. The van der Waals surface area contributed by atoms with Gasteiger partial charge in [-0.1, -0.05) is 11.6 Å². The van der Waals surface area contributed by atoms with Gasteiger partial charge in [-0.2, -0.15) is 5.10 Å². The average molecular weight is 412 g/mol. The molecule has 0 aliphatic rings. The third kappa shape index (κ3) is 4.43. The van der Waals surface area contributed by atoms with Crippen LogP contribution in [-0.2, 0) is 0 Å². The van der Waals surface area contributed by atoms with Crippen molar-refractivity contribution >= 4 is 23.7 Å². The summed E-state index contributed by atoms with van der Waals surface area (Å²) in [6, 6.07) is 14.7. The molecule has 2 aromatic carbocycles. The highest BCUT2D eigenvalue weighted by molar-refractivity contribution is 6.34. The van der Waals surface area contributed by atoms with Crippen LogP contribution in [0.5, 0.6) is 11.5 Å². The van der Waals surface area contributed by atoms with Crippen LogP contribution in [0.1, 0.15) is 27.3 Å². The predicted molar refractivity (Wildman–Crippen MR) is 115 cm³/mol. The smallest absolute Gasteiger partial charge is 0.272 e. The average Bonchev–Trinajstić information content (AvgIpc) is 3.06. The van der Waals surface area contributed by atoms with Gasteiger partial charge in [0.25, 0.3) is 5.91 Å². The fourth-order valence-electron chi connectivity index (χ4n) is 3.05. The molecule has 3 aromatic rings. The van der Waals surface area contributed by atoms with Crippen molar-refractivity contribution < 1.29 is 14.3 Å². The van der Waals surface area contributed by atoms with Crippen LogP contribution in [0.15, 0.2) is 53.6 Å². The topological polar surface area (TPSA) is 64.8 Å². The highest BCUT2D eigenvalue weighted by atomic mass is 35.5. The molecule has 150 valence electrons. The summed E-state index contributed by atoms with van der Waals surface area (Å²) in [7, 11) is 3.14. The summed E-state index contributed by atoms with van der Waals surface area (Å²) >= 11 is 6.36. The van der Waals surface area contributed by atoms with E-state index in [4.69, 9.17) is 21.1 Å². The molecule has 0 aliphatic carbocycles. The number of hydrogen-bond donors (Lipinski definition) is 1. The minimum Gasteiger partial charge on any atom is -0.497 e. The first-order valence-corrected chi connectivity index (χ1v) is 9.32. The van der Waals surface area contributed by atoms with Crippen molar-refractivity contribution in [1.82, 2.24) is 9.99 Å². The first-order valence-electron chi connectivity index (χ1n) is 8.95. The van der Waals surface area contributed by atoms with Gasteiger partial charge < -0.3 is 14.0 Å². The van der Waals surface area contributed by atoms with Crippen LogP contribution in [0.3, 0.4) is 0 Å². The van der Waals surface area contributed by atoms with Crippen molar-refractivity contribution in [3.8, 4) is 17.2 Å². The summed E-state index contributed by atoms with van der Waals surface area (Å²) in [5.74, 6) is 0.858. The van der Waals surface area contributed by atoms with E-state index in [9.17, 15) is 4.79 Å². The molecule has 0 aliphatic heterocycles. The molecule has 0 fully saturated rings. The van der Waals surface area contributed by atoms with Gasteiger partial charge in [-0.15, -0.1) is 0 Å². The zero-order chi connectivity index (χ0) is 21.0. The van der Waals surface area contributed by atoms with Crippen LogP contribution in [0.25, 0.3) is 5.69 Å². The van der Waals surface area contributed by atoms with E-state index in [0.29, 0.717) is 27.6 Å². The third-order valence-electron chi connectivity index (χ3n) is 4.54. The predicted octanol–water partition coefficient (Wildman–Crippen LogP) is 4.53. The summed E-state index contributed by atoms with van der Waals surface area (Å²) in [5, 5.41) is 4.37. The SMILES string of the molecule is COc1ccc(/C=N\NC(=O)c2ccc(-n3c(C)ccc3C)cc2Cl)c(OC)c1. The Kier molecular flexibility index (Phi) is 6.24. The number of carbonyl (C=O) groups is 1. The molecule has 0 saturated carbocycles. The molecule has 7 heteroatoms. The molecule has 1 aromatic heterocycles. The lowest BCUT2D eigenvalue weighted by molar-refractivity contribution is 0.0955. The zero-order valence-electron chi connectivity index (χ0n) is 16.7. The van der Waals surface area contributed by atoms with E-state index in [1.54, 1.807) is 44.6 Å². The van der Waals surface area contributed by atoms with Crippen molar-refractivity contribution in [2.24, 2.45) is 5.10 Å². The Bertz CT molecular complexity index is 1050. The van der Waals surface area contributed by atoms with E-state index in [0.717, 1.165) is 17.1 Å². The lowest BCUT2D eigenvalue weighted by atomic mass is 10.2. The van der Waals surface area contributed by atoms with E-state index >= 15 is 0 Å². The second-order valence-corrected chi connectivity index (χ2v) is 6.83. The van der Waals surface area contributed by atoms with Gasteiger partial charge in [0, 0.05) is 28.7 Å². The standard InChI is InChI=1S/C22H22ClN3O3/c1-14-5-6-15(2)26(14)17-8-10-19(20(23)11-17)22(27)25-24-13-16-7-9-18(28-3)12-21(16)29-4/h5-13H,1-4H3,(H,25,27)/b24-13-. The molecular formula is C22H22ClN3O3. The number of hydrogen-bond acceptors (Lipinski definition) is 4. The van der Waals surface area contributed by atoms with Crippen molar-refractivity contribution in [1.29, 1.82) is 0 Å². The van der Waals surface area contributed by atoms with Crippen LogP contribution in [0.2, 0.25) is 5.02 Å². The Morgan fingerprint density at radius 3 is 2.38 bits per heavy atom. The molecule has 0 unspecified atom stereocenters. The molecular weight excluding hydrogens is 390 g/mol. The Labute approximate surface area is 174 Å². The van der Waals surface area contributed by atoms with Gasteiger partial charge in [-0.05, 0) is 56.3 Å². The number of benzene rings is 2. The first kappa shape index (κ1) is 20.5. The van der Waals surface area contributed by atoms with Crippen LogP contribution >= 0.6 is 11.6 Å². The molecule has 0 saturated heterocycles. The number of carbonyl (C=O) groups excluding carboxylic acids is 1. The number of aromatic nitrogens is 1. The molecule has 0 atom stereocenters. The highest BCUT2D eigenvalue weighted by Crippen LogP contribution is 2.24. The number of ether oxygens (including phenoxy) is 2. The number of nitrogens with one attached hydrogen (secondary N) is 1. The maximum Gasteiger partial charge on any atom is 0.272 e.